The predicted molar refractivity (Wildman–Crippen MR) is 117 cm³/mol. The molecule has 0 saturated carbocycles. The Bertz CT molecular complexity index is 1230. The first-order valence-electron chi connectivity index (χ1n) is 9.16. The third-order valence-corrected chi connectivity index (χ3v) is 5.42. The van der Waals surface area contributed by atoms with Crippen LogP contribution in [-0.2, 0) is 0 Å². The molecular formula is C24H16Cl2O4. The number of fused-ring (bicyclic) bond motifs is 1. The van der Waals surface area contributed by atoms with Crippen molar-refractivity contribution in [3.8, 4) is 11.5 Å². The van der Waals surface area contributed by atoms with E-state index in [1.54, 1.807) is 55.5 Å². The third kappa shape index (κ3) is 3.72. The number of allylic oxidation sites excluding steroid dienone is 1. The van der Waals surface area contributed by atoms with Crippen molar-refractivity contribution in [3.05, 3.63) is 98.2 Å². The summed E-state index contributed by atoms with van der Waals surface area (Å²) in [5.74, 6) is 0.104. The highest BCUT2D eigenvalue weighted by Gasteiger charge is 2.31. The van der Waals surface area contributed by atoms with Crippen LogP contribution in [0.2, 0.25) is 10.0 Å². The summed E-state index contributed by atoms with van der Waals surface area (Å²) in [5, 5.41) is 0.909. The Morgan fingerprint density at radius 2 is 1.80 bits per heavy atom. The molecule has 0 unspecified atom stereocenters. The van der Waals surface area contributed by atoms with Crippen LogP contribution in [0.1, 0.15) is 37.4 Å². The molecule has 4 nitrogen and oxygen atoms in total. The van der Waals surface area contributed by atoms with Crippen molar-refractivity contribution in [3.63, 3.8) is 0 Å². The lowest BCUT2D eigenvalue weighted by Crippen LogP contribution is -2.11. The number of carbonyl (C=O) groups is 2. The summed E-state index contributed by atoms with van der Waals surface area (Å²) >= 11 is 12.1. The van der Waals surface area contributed by atoms with Crippen molar-refractivity contribution in [2.75, 3.05) is 0 Å². The lowest BCUT2D eigenvalue weighted by molar-refractivity contribution is 0.0732. The molecule has 0 radical (unpaired) electrons. The topological polar surface area (TPSA) is 52.6 Å². The van der Waals surface area contributed by atoms with E-state index in [-0.39, 0.29) is 11.5 Å². The second kappa shape index (κ2) is 7.98. The van der Waals surface area contributed by atoms with Crippen LogP contribution in [0, 0.1) is 13.8 Å². The SMILES string of the molecule is Cc1ccccc1C(=O)Oc1ccc2c(c1C)O/C(=C\c1ccc(Cl)cc1Cl)C2=O. The number of rotatable bonds is 3. The van der Waals surface area contributed by atoms with Crippen LogP contribution in [0.4, 0.5) is 0 Å². The zero-order valence-corrected chi connectivity index (χ0v) is 17.7. The molecule has 0 bridgehead atoms. The Kier molecular flexibility index (Phi) is 5.37. The van der Waals surface area contributed by atoms with Gasteiger partial charge in [0.2, 0.25) is 5.78 Å². The summed E-state index contributed by atoms with van der Waals surface area (Å²) in [4.78, 5) is 25.3. The molecule has 150 valence electrons. The summed E-state index contributed by atoms with van der Waals surface area (Å²) in [6, 6.07) is 15.4. The Morgan fingerprint density at radius 1 is 1.03 bits per heavy atom. The number of halogens is 2. The molecule has 1 heterocycles. The molecule has 30 heavy (non-hydrogen) atoms. The van der Waals surface area contributed by atoms with Gasteiger partial charge in [-0.1, -0.05) is 47.5 Å². The smallest absolute Gasteiger partial charge is 0.343 e. The van der Waals surface area contributed by atoms with E-state index >= 15 is 0 Å². The average Bonchev–Trinajstić information content (AvgIpc) is 3.03. The first kappa shape index (κ1) is 20.2. The summed E-state index contributed by atoms with van der Waals surface area (Å²) in [7, 11) is 0. The van der Waals surface area contributed by atoms with Gasteiger partial charge in [0.25, 0.3) is 0 Å². The van der Waals surface area contributed by atoms with Gasteiger partial charge in [0.1, 0.15) is 11.5 Å². The molecule has 0 N–H and O–H groups in total. The fourth-order valence-corrected chi connectivity index (χ4v) is 3.66. The molecule has 3 aromatic carbocycles. The van der Waals surface area contributed by atoms with E-state index in [0.29, 0.717) is 43.8 Å². The molecule has 0 spiro atoms. The molecule has 0 saturated heterocycles. The maximum absolute atomic E-state index is 12.8. The number of aryl methyl sites for hydroxylation is 1. The minimum absolute atomic E-state index is 0.139. The van der Waals surface area contributed by atoms with E-state index in [4.69, 9.17) is 32.7 Å². The van der Waals surface area contributed by atoms with Gasteiger partial charge < -0.3 is 9.47 Å². The highest BCUT2D eigenvalue weighted by molar-refractivity contribution is 6.35. The summed E-state index contributed by atoms with van der Waals surface area (Å²) in [5.41, 5.74) is 2.87. The van der Waals surface area contributed by atoms with Crippen LogP contribution in [0.3, 0.4) is 0 Å². The van der Waals surface area contributed by atoms with Gasteiger partial charge >= 0.3 is 5.97 Å². The van der Waals surface area contributed by atoms with Crippen LogP contribution in [0.25, 0.3) is 6.08 Å². The van der Waals surface area contributed by atoms with E-state index in [1.165, 1.54) is 0 Å². The molecule has 0 atom stereocenters. The Labute approximate surface area is 183 Å². The van der Waals surface area contributed by atoms with E-state index in [2.05, 4.69) is 0 Å². The molecule has 6 heteroatoms. The summed E-state index contributed by atoms with van der Waals surface area (Å²) in [6.45, 7) is 3.58. The number of ether oxygens (including phenoxy) is 2. The van der Waals surface area contributed by atoms with Gasteiger partial charge in [0.05, 0.1) is 11.1 Å². The number of ketones is 1. The third-order valence-electron chi connectivity index (χ3n) is 4.85. The van der Waals surface area contributed by atoms with Gasteiger partial charge in [-0.2, -0.15) is 0 Å². The molecule has 1 aliphatic rings. The number of benzene rings is 3. The fraction of sp³-hybridized carbons (Fsp3) is 0.0833. The van der Waals surface area contributed by atoms with E-state index < -0.39 is 5.97 Å². The van der Waals surface area contributed by atoms with Gasteiger partial charge in [0, 0.05) is 15.6 Å². The zero-order chi connectivity index (χ0) is 21.4. The van der Waals surface area contributed by atoms with Crippen molar-refractivity contribution in [1.29, 1.82) is 0 Å². The van der Waals surface area contributed by atoms with Crippen molar-refractivity contribution in [2.45, 2.75) is 13.8 Å². The van der Waals surface area contributed by atoms with Gasteiger partial charge in [-0.3, -0.25) is 4.79 Å². The Morgan fingerprint density at radius 3 is 2.53 bits per heavy atom. The monoisotopic (exact) mass is 438 g/mol. The summed E-state index contributed by atoms with van der Waals surface area (Å²) in [6.07, 6.45) is 1.57. The maximum atomic E-state index is 12.8. The second-order valence-electron chi connectivity index (χ2n) is 6.88. The molecule has 0 amide bonds. The Hall–Kier alpha value is -3.08. The van der Waals surface area contributed by atoms with E-state index in [9.17, 15) is 9.59 Å². The van der Waals surface area contributed by atoms with E-state index in [0.717, 1.165) is 5.56 Å². The highest BCUT2D eigenvalue weighted by atomic mass is 35.5. The van der Waals surface area contributed by atoms with Crippen LogP contribution >= 0.6 is 23.2 Å². The fourth-order valence-electron chi connectivity index (χ4n) is 3.20. The number of Topliss-reactive ketones (excluding diaryl/α,β-unsaturated/α-hetero) is 1. The zero-order valence-electron chi connectivity index (χ0n) is 16.2. The minimum Gasteiger partial charge on any atom is -0.452 e. The number of esters is 1. The van der Waals surface area contributed by atoms with Crippen molar-refractivity contribution in [2.24, 2.45) is 0 Å². The molecular weight excluding hydrogens is 423 g/mol. The quantitative estimate of drug-likeness (QED) is 0.268. The van der Waals surface area contributed by atoms with E-state index in [1.807, 2.05) is 19.1 Å². The molecule has 3 aromatic rings. The Balaban J connectivity index is 1.64. The second-order valence-corrected chi connectivity index (χ2v) is 7.72. The first-order chi connectivity index (χ1) is 14.3. The van der Waals surface area contributed by atoms with Gasteiger partial charge in [-0.15, -0.1) is 0 Å². The van der Waals surface area contributed by atoms with Crippen molar-refractivity contribution >= 4 is 41.0 Å². The molecule has 0 fully saturated rings. The maximum Gasteiger partial charge on any atom is 0.343 e. The molecule has 0 aromatic heterocycles. The minimum atomic E-state index is -0.468. The van der Waals surface area contributed by atoms with Gasteiger partial charge in [0.15, 0.2) is 5.76 Å². The first-order valence-corrected chi connectivity index (χ1v) is 9.91. The van der Waals surface area contributed by atoms with Gasteiger partial charge in [-0.25, -0.2) is 4.79 Å². The largest absolute Gasteiger partial charge is 0.452 e. The molecule has 0 aliphatic carbocycles. The van der Waals surface area contributed by atoms with Crippen LogP contribution in [0.5, 0.6) is 11.5 Å². The van der Waals surface area contributed by atoms with Crippen molar-refractivity contribution in [1.82, 2.24) is 0 Å². The number of hydrogen-bond donors (Lipinski definition) is 0. The van der Waals surface area contributed by atoms with Gasteiger partial charge in [-0.05, 0) is 61.4 Å². The molecule has 4 rings (SSSR count). The van der Waals surface area contributed by atoms with Crippen LogP contribution < -0.4 is 9.47 Å². The average molecular weight is 439 g/mol. The van der Waals surface area contributed by atoms with Crippen LogP contribution in [-0.4, -0.2) is 11.8 Å². The predicted octanol–water partition coefficient (Wildman–Crippen LogP) is 6.45. The number of carbonyl (C=O) groups excluding carboxylic acids is 2. The standard InChI is InChI=1S/C24H16Cl2O4/c1-13-5-3-4-6-17(13)24(28)30-20-10-9-18-22(27)21(29-23(18)14(20)2)11-15-7-8-16(25)12-19(15)26/h3-12H,1-2H3/b21-11-. The molecule has 1 aliphatic heterocycles. The summed E-state index contributed by atoms with van der Waals surface area (Å²) < 4.78 is 11.4. The van der Waals surface area contributed by atoms with Crippen molar-refractivity contribution < 1.29 is 19.1 Å². The highest BCUT2D eigenvalue weighted by Crippen LogP contribution is 2.40. The normalized spacial score (nSPS) is 13.9. The lowest BCUT2D eigenvalue weighted by Gasteiger charge is -2.11. The van der Waals surface area contributed by atoms with Crippen LogP contribution in [0.15, 0.2) is 60.4 Å². The number of hydrogen-bond acceptors (Lipinski definition) is 4. The lowest BCUT2D eigenvalue weighted by atomic mass is 10.1.